The molecule has 0 spiro atoms. The molecule has 6 heteroatoms. The van der Waals surface area contributed by atoms with Crippen LogP contribution in [-0.2, 0) is 21.2 Å². The third kappa shape index (κ3) is 7.00. The second-order valence-corrected chi connectivity index (χ2v) is 9.78. The molecule has 0 unspecified atom stereocenters. The van der Waals surface area contributed by atoms with Gasteiger partial charge in [0.05, 0.1) is 11.9 Å². The van der Waals surface area contributed by atoms with Crippen LogP contribution in [0.15, 0.2) is 54.6 Å². The highest BCUT2D eigenvalue weighted by Crippen LogP contribution is 2.19. The summed E-state index contributed by atoms with van der Waals surface area (Å²) in [5.41, 5.74) is 2.48. The SMILES string of the molecule is Cc1ccc(N(CCCC(=O)NC(C)(C)Cc2ccccc2)S(C)(=O)=O)cc1. The van der Waals surface area contributed by atoms with E-state index in [2.05, 4.69) is 5.32 Å². The van der Waals surface area contributed by atoms with Crippen molar-refractivity contribution >= 4 is 21.6 Å². The van der Waals surface area contributed by atoms with Gasteiger partial charge in [0.25, 0.3) is 0 Å². The number of nitrogens with zero attached hydrogens (tertiary/aromatic N) is 1. The van der Waals surface area contributed by atoms with Crippen LogP contribution in [-0.4, -0.2) is 32.7 Å². The van der Waals surface area contributed by atoms with Crippen molar-refractivity contribution in [3.05, 3.63) is 65.7 Å². The molecule has 2 aromatic carbocycles. The van der Waals surface area contributed by atoms with Crippen LogP contribution in [0.1, 0.15) is 37.8 Å². The molecule has 0 aliphatic rings. The van der Waals surface area contributed by atoms with Gasteiger partial charge in [-0.2, -0.15) is 0 Å². The van der Waals surface area contributed by atoms with Gasteiger partial charge in [0.1, 0.15) is 0 Å². The number of amides is 1. The molecule has 0 fully saturated rings. The van der Waals surface area contributed by atoms with E-state index in [1.807, 2.05) is 63.2 Å². The minimum Gasteiger partial charge on any atom is -0.351 e. The van der Waals surface area contributed by atoms with Crippen molar-refractivity contribution in [2.45, 2.75) is 45.6 Å². The number of carbonyl (C=O) groups is 1. The summed E-state index contributed by atoms with van der Waals surface area (Å²) in [6.07, 6.45) is 2.65. The van der Waals surface area contributed by atoms with Crippen LogP contribution in [0, 0.1) is 6.92 Å². The van der Waals surface area contributed by atoms with Gasteiger partial charge in [0.15, 0.2) is 0 Å². The molecule has 2 rings (SSSR count). The highest BCUT2D eigenvalue weighted by Gasteiger charge is 2.22. The summed E-state index contributed by atoms with van der Waals surface area (Å²) in [5, 5.41) is 3.06. The third-order valence-electron chi connectivity index (χ3n) is 4.45. The Balaban J connectivity index is 1.91. The third-order valence-corrected chi connectivity index (χ3v) is 5.65. The number of anilines is 1. The van der Waals surface area contributed by atoms with E-state index in [1.54, 1.807) is 12.1 Å². The molecule has 0 saturated heterocycles. The molecular formula is C22H30N2O3S. The Hall–Kier alpha value is -2.34. The van der Waals surface area contributed by atoms with E-state index in [9.17, 15) is 13.2 Å². The van der Waals surface area contributed by atoms with Crippen LogP contribution < -0.4 is 9.62 Å². The highest BCUT2D eigenvalue weighted by atomic mass is 32.2. The predicted octanol–water partition coefficient (Wildman–Crippen LogP) is 3.68. The maximum Gasteiger partial charge on any atom is 0.232 e. The van der Waals surface area contributed by atoms with Crippen molar-refractivity contribution in [1.29, 1.82) is 0 Å². The molecule has 0 aliphatic heterocycles. The van der Waals surface area contributed by atoms with Gasteiger partial charge in [-0.15, -0.1) is 0 Å². The van der Waals surface area contributed by atoms with Gasteiger partial charge in [-0.1, -0.05) is 48.0 Å². The second kappa shape index (κ2) is 9.24. The van der Waals surface area contributed by atoms with Crippen molar-refractivity contribution in [2.24, 2.45) is 0 Å². The van der Waals surface area contributed by atoms with Gasteiger partial charge in [-0.3, -0.25) is 9.10 Å². The first-order chi connectivity index (χ1) is 13.1. The number of aryl methyl sites for hydroxylation is 1. The quantitative estimate of drug-likeness (QED) is 0.696. The monoisotopic (exact) mass is 402 g/mol. The summed E-state index contributed by atoms with van der Waals surface area (Å²) in [7, 11) is -3.40. The van der Waals surface area contributed by atoms with Crippen molar-refractivity contribution in [2.75, 3.05) is 17.1 Å². The van der Waals surface area contributed by atoms with Gasteiger partial charge in [-0.05, 0) is 51.3 Å². The lowest BCUT2D eigenvalue weighted by atomic mass is 9.94. The Morgan fingerprint density at radius 1 is 1.04 bits per heavy atom. The fraction of sp³-hybridized carbons (Fsp3) is 0.409. The van der Waals surface area contributed by atoms with Crippen molar-refractivity contribution in [3.63, 3.8) is 0 Å². The molecule has 0 atom stereocenters. The molecule has 0 heterocycles. The zero-order chi connectivity index (χ0) is 20.8. The van der Waals surface area contributed by atoms with Crippen LogP contribution in [0.3, 0.4) is 0 Å². The zero-order valence-electron chi connectivity index (χ0n) is 17.1. The zero-order valence-corrected chi connectivity index (χ0v) is 17.9. The van der Waals surface area contributed by atoms with E-state index in [4.69, 9.17) is 0 Å². The predicted molar refractivity (Wildman–Crippen MR) is 115 cm³/mol. The number of benzene rings is 2. The van der Waals surface area contributed by atoms with E-state index in [0.717, 1.165) is 17.5 Å². The lowest BCUT2D eigenvalue weighted by molar-refractivity contribution is -0.122. The lowest BCUT2D eigenvalue weighted by Gasteiger charge is -2.27. The molecule has 0 aliphatic carbocycles. The van der Waals surface area contributed by atoms with Crippen LogP contribution in [0.25, 0.3) is 0 Å². The van der Waals surface area contributed by atoms with Crippen LogP contribution in [0.2, 0.25) is 0 Å². The number of sulfonamides is 1. The number of nitrogens with one attached hydrogen (secondary N) is 1. The maximum absolute atomic E-state index is 12.4. The summed E-state index contributed by atoms with van der Waals surface area (Å²) in [5.74, 6) is -0.0710. The van der Waals surface area contributed by atoms with E-state index in [0.29, 0.717) is 12.1 Å². The molecule has 0 aromatic heterocycles. The Morgan fingerprint density at radius 2 is 1.64 bits per heavy atom. The summed E-state index contributed by atoms with van der Waals surface area (Å²) in [4.78, 5) is 12.4. The summed E-state index contributed by atoms with van der Waals surface area (Å²) < 4.78 is 25.7. The lowest BCUT2D eigenvalue weighted by Crippen LogP contribution is -2.45. The van der Waals surface area contributed by atoms with E-state index >= 15 is 0 Å². The first-order valence-electron chi connectivity index (χ1n) is 9.46. The molecule has 2 aromatic rings. The fourth-order valence-corrected chi connectivity index (χ4v) is 4.14. The fourth-order valence-electron chi connectivity index (χ4n) is 3.17. The average molecular weight is 403 g/mol. The Labute approximate surface area is 168 Å². The first-order valence-corrected chi connectivity index (χ1v) is 11.3. The summed E-state index contributed by atoms with van der Waals surface area (Å²) in [6, 6.07) is 17.4. The van der Waals surface area contributed by atoms with Gasteiger partial charge < -0.3 is 5.32 Å². The molecule has 0 saturated carbocycles. The van der Waals surface area contributed by atoms with E-state index < -0.39 is 10.0 Å². The molecular weight excluding hydrogens is 372 g/mol. The largest absolute Gasteiger partial charge is 0.351 e. The molecule has 1 N–H and O–H groups in total. The Kier molecular flexibility index (Phi) is 7.24. The molecule has 5 nitrogen and oxygen atoms in total. The standard InChI is InChI=1S/C22H30N2O3S/c1-18-12-14-20(15-13-18)24(28(4,26)27)16-8-11-21(25)23-22(2,3)17-19-9-6-5-7-10-19/h5-7,9-10,12-15H,8,11,16-17H2,1-4H3,(H,23,25). The smallest absolute Gasteiger partial charge is 0.232 e. The molecule has 28 heavy (non-hydrogen) atoms. The van der Waals surface area contributed by atoms with Gasteiger partial charge in [0, 0.05) is 18.5 Å². The molecule has 0 bridgehead atoms. The summed E-state index contributed by atoms with van der Waals surface area (Å²) in [6.45, 7) is 6.21. The van der Waals surface area contributed by atoms with Gasteiger partial charge in [0.2, 0.25) is 15.9 Å². The number of rotatable bonds is 9. The first kappa shape index (κ1) is 22.0. The normalized spacial score (nSPS) is 11.9. The van der Waals surface area contributed by atoms with Crippen molar-refractivity contribution < 1.29 is 13.2 Å². The van der Waals surface area contributed by atoms with Crippen LogP contribution in [0.4, 0.5) is 5.69 Å². The van der Waals surface area contributed by atoms with E-state index in [1.165, 1.54) is 10.6 Å². The van der Waals surface area contributed by atoms with Gasteiger partial charge in [-0.25, -0.2) is 8.42 Å². The number of hydrogen-bond donors (Lipinski definition) is 1. The second-order valence-electron chi connectivity index (χ2n) is 7.87. The van der Waals surface area contributed by atoms with Crippen molar-refractivity contribution in [1.82, 2.24) is 5.32 Å². The molecule has 152 valence electrons. The minimum atomic E-state index is -3.40. The van der Waals surface area contributed by atoms with Gasteiger partial charge >= 0.3 is 0 Å². The molecule has 1 amide bonds. The Bertz CT molecular complexity index is 876. The van der Waals surface area contributed by atoms with Crippen molar-refractivity contribution in [3.8, 4) is 0 Å². The molecule has 0 radical (unpaired) electrons. The summed E-state index contributed by atoms with van der Waals surface area (Å²) >= 11 is 0. The number of carbonyl (C=O) groups excluding carboxylic acids is 1. The number of hydrogen-bond acceptors (Lipinski definition) is 3. The topological polar surface area (TPSA) is 66.5 Å². The minimum absolute atomic E-state index is 0.0710. The Morgan fingerprint density at radius 3 is 2.21 bits per heavy atom. The highest BCUT2D eigenvalue weighted by molar-refractivity contribution is 7.92. The average Bonchev–Trinajstić information content (AvgIpc) is 2.59. The van der Waals surface area contributed by atoms with E-state index in [-0.39, 0.29) is 24.4 Å². The maximum atomic E-state index is 12.4. The van der Waals surface area contributed by atoms with Crippen LogP contribution >= 0.6 is 0 Å². The van der Waals surface area contributed by atoms with Crippen LogP contribution in [0.5, 0.6) is 0 Å².